The molecule has 2 amide bonds. The lowest BCUT2D eigenvalue weighted by molar-refractivity contribution is -0.126. The number of likely N-dealkylation sites (tertiary alicyclic amines) is 1. The summed E-state index contributed by atoms with van der Waals surface area (Å²) in [5, 5.41) is 0.624. The molecule has 0 N–H and O–H groups in total. The maximum absolute atomic E-state index is 13.3. The monoisotopic (exact) mass is 412 g/mol. The van der Waals surface area contributed by atoms with Crippen molar-refractivity contribution in [2.45, 2.75) is 37.2 Å². The van der Waals surface area contributed by atoms with Gasteiger partial charge in [-0.3, -0.25) is 9.59 Å². The van der Waals surface area contributed by atoms with Crippen molar-refractivity contribution in [2.24, 2.45) is 0 Å². The Hall–Kier alpha value is -2.24. The molecule has 6 heteroatoms. The number of thioether (sulfide) groups is 1. The molecule has 0 radical (unpaired) electrons. The van der Waals surface area contributed by atoms with Gasteiger partial charge in [0.2, 0.25) is 5.91 Å². The Bertz CT molecular complexity index is 959. The number of hydrogen-bond donors (Lipinski definition) is 0. The Kier molecular flexibility index (Phi) is 5.47. The lowest BCUT2D eigenvalue weighted by Crippen LogP contribution is -2.36. The second-order valence-electron chi connectivity index (χ2n) is 7.08. The summed E-state index contributed by atoms with van der Waals surface area (Å²) in [7, 11) is 0. The third-order valence-electron chi connectivity index (χ3n) is 5.21. The van der Waals surface area contributed by atoms with Crippen molar-refractivity contribution in [3.8, 4) is 0 Å². The van der Waals surface area contributed by atoms with E-state index in [4.69, 9.17) is 11.6 Å². The second-order valence-corrected chi connectivity index (χ2v) is 8.57. The van der Waals surface area contributed by atoms with Crippen LogP contribution in [0.3, 0.4) is 0 Å². The maximum atomic E-state index is 13.3. The van der Waals surface area contributed by atoms with Crippen LogP contribution in [0.2, 0.25) is 5.02 Å². The number of halogens is 1. The molecular weight excluding hydrogens is 392 g/mol. The fourth-order valence-corrected chi connectivity index (χ4v) is 4.89. The lowest BCUT2D eigenvalue weighted by Gasteiger charge is -2.31. The van der Waals surface area contributed by atoms with Crippen LogP contribution in [-0.2, 0) is 16.1 Å². The second kappa shape index (κ2) is 8.02. The number of carbonyl (C=O) groups is 2. The number of para-hydroxylation sites is 1. The quantitative estimate of drug-likeness (QED) is 0.675. The Morgan fingerprint density at radius 1 is 1.21 bits per heavy atom. The molecule has 1 saturated heterocycles. The van der Waals surface area contributed by atoms with Crippen molar-refractivity contribution in [1.29, 1.82) is 0 Å². The zero-order chi connectivity index (χ0) is 19.7. The smallest absolute Gasteiger partial charge is 0.265 e. The van der Waals surface area contributed by atoms with Crippen LogP contribution in [0.5, 0.6) is 0 Å². The SMILES string of the molecule is C[C@H]1CCCN1C(=O)/C=C1/Sc2ccccc2N(Cc2ccccc2Cl)C1=O. The Labute approximate surface area is 174 Å². The first-order chi connectivity index (χ1) is 13.5. The largest absolute Gasteiger partial charge is 0.336 e. The van der Waals surface area contributed by atoms with Gasteiger partial charge in [-0.15, -0.1) is 0 Å². The zero-order valence-corrected chi connectivity index (χ0v) is 17.2. The summed E-state index contributed by atoms with van der Waals surface area (Å²) in [6.45, 7) is 3.17. The molecular formula is C22H21ClN2O2S. The van der Waals surface area contributed by atoms with Gasteiger partial charge >= 0.3 is 0 Å². The van der Waals surface area contributed by atoms with E-state index in [0.717, 1.165) is 35.5 Å². The van der Waals surface area contributed by atoms with Gasteiger partial charge in [-0.05, 0) is 43.5 Å². The van der Waals surface area contributed by atoms with Gasteiger partial charge in [0, 0.05) is 28.6 Å². The Balaban J connectivity index is 1.68. The van der Waals surface area contributed by atoms with Gasteiger partial charge in [0.05, 0.1) is 17.1 Å². The fraction of sp³-hybridized carbons (Fsp3) is 0.273. The predicted octanol–water partition coefficient (Wildman–Crippen LogP) is 4.87. The van der Waals surface area contributed by atoms with E-state index in [0.29, 0.717) is 16.5 Å². The molecule has 144 valence electrons. The maximum Gasteiger partial charge on any atom is 0.265 e. The van der Waals surface area contributed by atoms with Crippen LogP contribution in [0.4, 0.5) is 5.69 Å². The summed E-state index contributed by atoms with van der Waals surface area (Å²) < 4.78 is 0. The molecule has 1 atom stereocenters. The normalized spacial score (nSPS) is 20.6. The first-order valence-corrected chi connectivity index (χ1v) is 10.6. The number of carbonyl (C=O) groups excluding carboxylic acids is 2. The molecule has 2 aromatic carbocycles. The highest BCUT2D eigenvalue weighted by molar-refractivity contribution is 8.04. The van der Waals surface area contributed by atoms with Crippen molar-refractivity contribution in [3.63, 3.8) is 0 Å². The molecule has 0 spiro atoms. The van der Waals surface area contributed by atoms with E-state index in [1.807, 2.05) is 53.4 Å². The van der Waals surface area contributed by atoms with Crippen LogP contribution in [0, 0.1) is 0 Å². The van der Waals surface area contributed by atoms with Crippen molar-refractivity contribution >= 4 is 40.9 Å². The Morgan fingerprint density at radius 3 is 2.71 bits per heavy atom. The van der Waals surface area contributed by atoms with E-state index in [1.54, 1.807) is 4.90 Å². The topological polar surface area (TPSA) is 40.6 Å². The predicted molar refractivity (Wildman–Crippen MR) is 113 cm³/mol. The molecule has 28 heavy (non-hydrogen) atoms. The average Bonchev–Trinajstić information content (AvgIpc) is 3.12. The molecule has 4 rings (SSSR count). The summed E-state index contributed by atoms with van der Waals surface area (Å²) >= 11 is 7.68. The average molecular weight is 413 g/mol. The minimum absolute atomic E-state index is 0.0853. The summed E-state index contributed by atoms with van der Waals surface area (Å²) in [6.07, 6.45) is 3.53. The number of hydrogen-bond acceptors (Lipinski definition) is 3. The van der Waals surface area contributed by atoms with Gasteiger partial charge in [0.15, 0.2) is 0 Å². The van der Waals surface area contributed by atoms with E-state index in [2.05, 4.69) is 6.92 Å². The van der Waals surface area contributed by atoms with Gasteiger partial charge in [-0.25, -0.2) is 0 Å². The van der Waals surface area contributed by atoms with E-state index in [-0.39, 0.29) is 17.9 Å². The van der Waals surface area contributed by atoms with Crippen LogP contribution >= 0.6 is 23.4 Å². The standard InChI is InChI=1S/C22H21ClN2O2S/c1-15-7-6-12-24(15)21(26)13-20-22(27)25(14-16-8-2-3-9-17(16)23)18-10-4-5-11-19(18)28-20/h2-5,8-11,13,15H,6-7,12,14H2,1H3/b20-13+/t15-/m0/s1. The molecule has 1 fully saturated rings. The van der Waals surface area contributed by atoms with Gasteiger partial charge in [-0.2, -0.15) is 0 Å². The molecule has 2 aromatic rings. The van der Waals surface area contributed by atoms with E-state index in [1.165, 1.54) is 17.8 Å². The number of nitrogens with zero attached hydrogens (tertiary/aromatic N) is 2. The molecule has 0 unspecified atom stereocenters. The first kappa shape index (κ1) is 19.1. The van der Waals surface area contributed by atoms with Gasteiger partial charge in [0.25, 0.3) is 5.91 Å². The molecule has 0 saturated carbocycles. The van der Waals surface area contributed by atoms with Crippen LogP contribution in [0.15, 0.2) is 64.4 Å². The molecule has 4 nitrogen and oxygen atoms in total. The van der Waals surface area contributed by atoms with Crippen molar-refractivity contribution in [3.05, 3.63) is 70.1 Å². The van der Waals surface area contributed by atoms with Crippen molar-refractivity contribution in [2.75, 3.05) is 11.4 Å². The number of amides is 2. The minimum atomic E-state index is -0.163. The number of benzene rings is 2. The molecule has 2 aliphatic heterocycles. The summed E-state index contributed by atoms with van der Waals surface area (Å²) in [4.78, 5) is 31.0. The van der Waals surface area contributed by atoms with Crippen molar-refractivity contribution in [1.82, 2.24) is 4.90 Å². The Morgan fingerprint density at radius 2 is 1.96 bits per heavy atom. The van der Waals surface area contributed by atoms with E-state index >= 15 is 0 Å². The lowest BCUT2D eigenvalue weighted by atomic mass is 10.1. The van der Waals surface area contributed by atoms with Gasteiger partial charge < -0.3 is 9.80 Å². The van der Waals surface area contributed by atoms with E-state index in [9.17, 15) is 9.59 Å². The summed E-state index contributed by atoms with van der Waals surface area (Å²) in [6, 6.07) is 15.5. The van der Waals surface area contributed by atoms with E-state index < -0.39 is 0 Å². The van der Waals surface area contributed by atoms with Crippen LogP contribution in [0.1, 0.15) is 25.3 Å². The third kappa shape index (κ3) is 3.69. The molecule has 2 aliphatic rings. The highest BCUT2D eigenvalue weighted by Gasteiger charge is 2.31. The third-order valence-corrected chi connectivity index (χ3v) is 6.66. The molecule has 0 bridgehead atoms. The minimum Gasteiger partial charge on any atom is -0.336 e. The van der Waals surface area contributed by atoms with Crippen molar-refractivity contribution < 1.29 is 9.59 Å². The zero-order valence-electron chi connectivity index (χ0n) is 15.6. The number of anilines is 1. The van der Waals surface area contributed by atoms with Crippen LogP contribution in [0.25, 0.3) is 0 Å². The molecule has 0 aromatic heterocycles. The first-order valence-electron chi connectivity index (χ1n) is 9.39. The highest BCUT2D eigenvalue weighted by Crippen LogP contribution is 2.42. The van der Waals surface area contributed by atoms with Crippen LogP contribution < -0.4 is 4.90 Å². The number of fused-ring (bicyclic) bond motifs is 1. The highest BCUT2D eigenvalue weighted by atomic mass is 35.5. The van der Waals surface area contributed by atoms with Crippen LogP contribution in [-0.4, -0.2) is 29.3 Å². The fourth-order valence-electron chi connectivity index (χ4n) is 3.67. The summed E-state index contributed by atoms with van der Waals surface area (Å²) in [5.74, 6) is -0.248. The number of rotatable bonds is 3. The van der Waals surface area contributed by atoms with Gasteiger partial charge in [0.1, 0.15) is 0 Å². The molecule has 0 aliphatic carbocycles. The van der Waals surface area contributed by atoms with Gasteiger partial charge in [-0.1, -0.05) is 53.7 Å². The molecule has 2 heterocycles. The summed E-state index contributed by atoms with van der Waals surface area (Å²) in [5.41, 5.74) is 1.72.